The predicted octanol–water partition coefficient (Wildman–Crippen LogP) is 1.81. The number of nitrogens with zero attached hydrogens (tertiary/aromatic N) is 1. The van der Waals surface area contributed by atoms with E-state index in [1.54, 1.807) is 0 Å². The summed E-state index contributed by atoms with van der Waals surface area (Å²) in [6, 6.07) is 0. The molecular weight excluding hydrogens is 192 g/mol. The number of thioether (sulfide) groups is 1. The van der Waals surface area contributed by atoms with Crippen molar-refractivity contribution in [1.29, 1.82) is 0 Å². The predicted molar refractivity (Wildman–Crippen MR) is 66.1 cm³/mol. The molecule has 0 spiro atoms. The average molecular weight is 216 g/mol. The molecule has 0 saturated carbocycles. The van der Waals surface area contributed by atoms with E-state index < -0.39 is 0 Å². The molecule has 2 nitrogen and oxygen atoms in total. The van der Waals surface area contributed by atoms with E-state index >= 15 is 0 Å². The Bertz CT molecular complexity index is 163. The highest BCUT2D eigenvalue weighted by molar-refractivity contribution is 7.98. The van der Waals surface area contributed by atoms with Crippen LogP contribution < -0.4 is 5.32 Å². The Kier molecular flexibility index (Phi) is 5.28. The van der Waals surface area contributed by atoms with Gasteiger partial charge in [-0.3, -0.25) is 4.90 Å². The topological polar surface area (TPSA) is 15.3 Å². The number of piperazine rings is 1. The highest BCUT2D eigenvalue weighted by Gasteiger charge is 2.31. The fourth-order valence-electron chi connectivity index (χ4n) is 2.08. The first-order chi connectivity index (χ1) is 6.73. The van der Waals surface area contributed by atoms with E-state index in [0.29, 0.717) is 5.54 Å². The van der Waals surface area contributed by atoms with Crippen LogP contribution in [0.5, 0.6) is 0 Å². The maximum absolute atomic E-state index is 3.50. The zero-order valence-electron chi connectivity index (χ0n) is 9.81. The van der Waals surface area contributed by atoms with Gasteiger partial charge >= 0.3 is 0 Å². The van der Waals surface area contributed by atoms with Crippen LogP contribution in [0.15, 0.2) is 0 Å². The SMILES string of the molecule is CCC1(C)CNCCN1CCCSC. The molecule has 0 amide bonds. The van der Waals surface area contributed by atoms with Crippen molar-refractivity contribution < 1.29 is 0 Å². The van der Waals surface area contributed by atoms with Crippen molar-refractivity contribution in [3.8, 4) is 0 Å². The van der Waals surface area contributed by atoms with Crippen molar-refractivity contribution in [2.45, 2.75) is 32.2 Å². The summed E-state index contributed by atoms with van der Waals surface area (Å²) in [4.78, 5) is 2.67. The average Bonchev–Trinajstić information content (AvgIpc) is 2.21. The van der Waals surface area contributed by atoms with Gasteiger partial charge in [0.05, 0.1) is 0 Å². The molecule has 0 aromatic heterocycles. The molecule has 1 aliphatic rings. The van der Waals surface area contributed by atoms with Crippen LogP contribution >= 0.6 is 11.8 Å². The number of hydrogen-bond acceptors (Lipinski definition) is 3. The molecular formula is C11H24N2S. The lowest BCUT2D eigenvalue weighted by Crippen LogP contribution is -2.59. The highest BCUT2D eigenvalue weighted by atomic mass is 32.2. The Hall–Kier alpha value is 0.270. The van der Waals surface area contributed by atoms with Crippen LogP contribution in [0.1, 0.15) is 26.7 Å². The summed E-state index contributed by atoms with van der Waals surface area (Å²) in [6.07, 6.45) is 4.77. The normalized spacial score (nSPS) is 29.4. The van der Waals surface area contributed by atoms with E-state index in [0.717, 1.165) is 13.1 Å². The molecule has 1 fully saturated rings. The molecule has 14 heavy (non-hydrogen) atoms. The molecule has 1 atom stereocenters. The van der Waals surface area contributed by atoms with Gasteiger partial charge in [-0.2, -0.15) is 11.8 Å². The lowest BCUT2D eigenvalue weighted by atomic mass is 9.94. The molecule has 1 rings (SSSR count). The fraction of sp³-hybridized carbons (Fsp3) is 1.00. The van der Waals surface area contributed by atoms with Gasteiger partial charge in [0.2, 0.25) is 0 Å². The van der Waals surface area contributed by atoms with Crippen LogP contribution in [0.3, 0.4) is 0 Å². The molecule has 1 N–H and O–H groups in total. The van der Waals surface area contributed by atoms with Crippen LogP contribution in [0.25, 0.3) is 0 Å². The zero-order chi connectivity index (χ0) is 10.4. The van der Waals surface area contributed by atoms with Gasteiger partial charge in [0.25, 0.3) is 0 Å². The van der Waals surface area contributed by atoms with Gasteiger partial charge in [0.15, 0.2) is 0 Å². The first-order valence-electron chi connectivity index (χ1n) is 5.67. The Balaban J connectivity index is 2.38. The number of hydrogen-bond donors (Lipinski definition) is 1. The van der Waals surface area contributed by atoms with Gasteiger partial charge in [-0.25, -0.2) is 0 Å². The molecule has 1 heterocycles. The minimum atomic E-state index is 0.399. The maximum atomic E-state index is 3.50. The summed E-state index contributed by atoms with van der Waals surface area (Å²) in [5.41, 5.74) is 0.399. The fourth-order valence-corrected chi connectivity index (χ4v) is 2.50. The van der Waals surface area contributed by atoms with Gasteiger partial charge in [0.1, 0.15) is 0 Å². The van der Waals surface area contributed by atoms with Gasteiger partial charge < -0.3 is 5.32 Å². The second-order valence-electron chi connectivity index (χ2n) is 4.36. The monoisotopic (exact) mass is 216 g/mol. The smallest absolute Gasteiger partial charge is 0.0303 e. The van der Waals surface area contributed by atoms with Crippen molar-refractivity contribution in [3.05, 3.63) is 0 Å². The summed E-state index contributed by atoms with van der Waals surface area (Å²) in [6.45, 7) is 9.50. The quantitative estimate of drug-likeness (QED) is 0.706. The molecule has 0 aliphatic carbocycles. The van der Waals surface area contributed by atoms with Crippen molar-refractivity contribution in [1.82, 2.24) is 10.2 Å². The highest BCUT2D eigenvalue weighted by Crippen LogP contribution is 2.21. The summed E-state index contributed by atoms with van der Waals surface area (Å²) in [5.74, 6) is 1.30. The summed E-state index contributed by atoms with van der Waals surface area (Å²) in [7, 11) is 0. The van der Waals surface area contributed by atoms with Gasteiger partial charge in [-0.15, -0.1) is 0 Å². The largest absolute Gasteiger partial charge is 0.314 e. The second kappa shape index (κ2) is 5.99. The van der Waals surface area contributed by atoms with Crippen LogP contribution in [0.4, 0.5) is 0 Å². The molecule has 1 saturated heterocycles. The maximum Gasteiger partial charge on any atom is 0.0303 e. The van der Waals surface area contributed by atoms with Crippen LogP contribution in [-0.2, 0) is 0 Å². The standard InChI is InChI=1S/C11H24N2S/c1-4-11(2)10-12-6-8-13(11)7-5-9-14-3/h12H,4-10H2,1-3H3. The van der Waals surface area contributed by atoms with Crippen LogP contribution in [0, 0.1) is 0 Å². The number of nitrogens with one attached hydrogen (secondary N) is 1. The van der Waals surface area contributed by atoms with E-state index in [1.165, 1.54) is 31.7 Å². The first kappa shape index (κ1) is 12.3. The van der Waals surface area contributed by atoms with Gasteiger partial charge in [0, 0.05) is 25.2 Å². The van der Waals surface area contributed by atoms with E-state index in [1.807, 2.05) is 11.8 Å². The third-order valence-electron chi connectivity index (χ3n) is 3.37. The lowest BCUT2D eigenvalue weighted by Gasteiger charge is -2.45. The van der Waals surface area contributed by atoms with Crippen molar-refractivity contribution in [3.63, 3.8) is 0 Å². The first-order valence-corrected chi connectivity index (χ1v) is 7.07. The summed E-state index contributed by atoms with van der Waals surface area (Å²) < 4.78 is 0. The van der Waals surface area contributed by atoms with Crippen molar-refractivity contribution >= 4 is 11.8 Å². The Morgan fingerprint density at radius 1 is 1.50 bits per heavy atom. The summed E-state index contributed by atoms with van der Waals surface area (Å²) in [5, 5.41) is 3.50. The van der Waals surface area contributed by atoms with E-state index in [9.17, 15) is 0 Å². The van der Waals surface area contributed by atoms with Gasteiger partial charge in [-0.05, 0) is 38.3 Å². The Labute approximate surface area is 92.8 Å². The minimum Gasteiger partial charge on any atom is -0.314 e. The molecule has 0 radical (unpaired) electrons. The Morgan fingerprint density at radius 3 is 2.93 bits per heavy atom. The molecule has 1 unspecified atom stereocenters. The molecule has 0 aromatic rings. The van der Waals surface area contributed by atoms with E-state index in [2.05, 4.69) is 30.3 Å². The lowest BCUT2D eigenvalue weighted by molar-refractivity contribution is 0.0720. The molecule has 84 valence electrons. The summed E-state index contributed by atoms with van der Waals surface area (Å²) >= 11 is 1.96. The van der Waals surface area contributed by atoms with Crippen LogP contribution in [0.2, 0.25) is 0 Å². The molecule has 1 aliphatic heterocycles. The van der Waals surface area contributed by atoms with Crippen molar-refractivity contribution in [2.24, 2.45) is 0 Å². The molecule has 0 aromatic carbocycles. The van der Waals surface area contributed by atoms with Crippen molar-refractivity contribution in [2.75, 3.05) is 38.2 Å². The Morgan fingerprint density at radius 2 is 2.29 bits per heavy atom. The zero-order valence-corrected chi connectivity index (χ0v) is 10.6. The third-order valence-corrected chi connectivity index (χ3v) is 4.06. The van der Waals surface area contributed by atoms with Gasteiger partial charge in [-0.1, -0.05) is 6.92 Å². The second-order valence-corrected chi connectivity index (χ2v) is 5.35. The van der Waals surface area contributed by atoms with E-state index in [-0.39, 0.29) is 0 Å². The molecule has 3 heteroatoms. The van der Waals surface area contributed by atoms with E-state index in [4.69, 9.17) is 0 Å². The third kappa shape index (κ3) is 3.14. The molecule has 0 bridgehead atoms. The minimum absolute atomic E-state index is 0.399. The van der Waals surface area contributed by atoms with Crippen LogP contribution in [-0.4, -0.2) is 48.6 Å². The number of rotatable bonds is 5.